The van der Waals surface area contributed by atoms with Gasteiger partial charge in [0, 0.05) is 46.3 Å². The molecule has 0 atom stereocenters. The third kappa shape index (κ3) is 3.60. The van der Waals surface area contributed by atoms with Crippen LogP contribution in [0.25, 0.3) is 0 Å². The van der Waals surface area contributed by atoms with Crippen molar-refractivity contribution < 1.29 is 4.74 Å². The Balaban J connectivity index is 1.48. The summed E-state index contributed by atoms with van der Waals surface area (Å²) < 4.78 is 5.60. The molecule has 0 spiro atoms. The molecular weight excluding hydrogens is 248 g/mol. The molecule has 1 aromatic rings. The highest BCUT2D eigenvalue weighted by atomic mass is 16.5. The smallest absolute Gasteiger partial charge is 0.0721 e. The summed E-state index contributed by atoms with van der Waals surface area (Å²) in [7, 11) is 1.84. The number of ether oxygens (including phenoxy) is 1. The maximum atomic E-state index is 5.60. The predicted molar refractivity (Wildman–Crippen MR) is 82.1 cm³/mol. The van der Waals surface area contributed by atoms with E-state index in [0.29, 0.717) is 0 Å². The Morgan fingerprint density at radius 2 is 1.75 bits per heavy atom. The highest BCUT2D eigenvalue weighted by Gasteiger charge is 2.42. The van der Waals surface area contributed by atoms with Crippen LogP contribution in [-0.2, 0) is 17.6 Å². The van der Waals surface area contributed by atoms with E-state index in [1.54, 1.807) is 0 Å². The molecule has 110 valence electrons. The highest BCUT2D eigenvalue weighted by Crippen LogP contribution is 2.41. The Morgan fingerprint density at radius 3 is 2.35 bits per heavy atom. The zero-order valence-corrected chi connectivity index (χ0v) is 12.5. The van der Waals surface area contributed by atoms with Crippen LogP contribution in [0.2, 0.25) is 0 Å². The second kappa shape index (κ2) is 6.25. The molecule has 20 heavy (non-hydrogen) atoms. The number of hydrogen-bond acceptors (Lipinski definition) is 3. The van der Waals surface area contributed by atoms with E-state index >= 15 is 0 Å². The fraction of sp³-hybridized carbons (Fsp3) is 0.647. The summed E-state index contributed by atoms with van der Waals surface area (Å²) in [5, 5.41) is 3.40. The van der Waals surface area contributed by atoms with Crippen molar-refractivity contribution in [3.8, 4) is 0 Å². The second-order valence-electron chi connectivity index (χ2n) is 6.22. The van der Waals surface area contributed by atoms with Gasteiger partial charge in [-0.05, 0) is 30.4 Å². The standard InChI is InChI=1S/C17H26N2O/c1-20-17(7-8-17)14-16-4-2-15(3-5-16)6-11-19-12-9-18-10-13-19/h2-5,18H,6-14H2,1H3. The van der Waals surface area contributed by atoms with E-state index in [9.17, 15) is 0 Å². The minimum absolute atomic E-state index is 0.169. The van der Waals surface area contributed by atoms with Gasteiger partial charge in [0.15, 0.2) is 0 Å². The van der Waals surface area contributed by atoms with Gasteiger partial charge in [0.25, 0.3) is 0 Å². The molecule has 0 unspecified atom stereocenters. The molecule has 1 aromatic carbocycles. The third-order valence-electron chi connectivity index (χ3n) is 4.72. The number of hydrogen-bond donors (Lipinski definition) is 1. The number of nitrogens with zero attached hydrogens (tertiary/aromatic N) is 1. The first-order valence-electron chi connectivity index (χ1n) is 7.86. The van der Waals surface area contributed by atoms with E-state index in [0.717, 1.165) is 25.9 Å². The first-order chi connectivity index (χ1) is 9.80. The molecule has 2 aliphatic rings. The van der Waals surface area contributed by atoms with Gasteiger partial charge in [-0.2, -0.15) is 0 Å². The second-order valence-corrected chi connectivity index (χ2v) is 6.22. The van der Waals surface area contributed by atoms with Gasteiger partial charge in [-0.1, -0.05) is 24.3 Å². The lowest BCUT2D eigenvalue weighted by Crippen LogP contribution is -2.44. The highest BCUT2D eigenvalue weighted by molar-refractivity contribution is 5.25. The summed E-state index contributed by atoms with van der Waals surface area (Å²) in [6.07, 6.45) is 4.67. The zero-order valence-electron chi connectivity index (χ0n) is 12.5. The number of nitrogens with one attached hydrogen (secondary N) is 1. The molecule has 1 aliphatic carbocycles. The van der Waals surface area contributed by atoms with Crippen LogP contribution in [0.5, 0.6) is 0 Å². The van der Waals surface area contributed by atoms with Crippen LogP contribution >= 0.6 is 0 Å². The van der Waals surface area contributed by atoms with Crippen molar-refractivity contribution in [2.24, 2.45) is 0 Å². The van der Waals surface area contributed by atoms with Crippen LogP contribution in [-0.4, -0.2) is 50.3 Å². The monoisotopic (exact) mass is 274 g/mol. The Hall–Kier alpha value is -0.900. The van der Waals surface area contributed by atoms with Crippen LogP contribution in [0.3, 0.4) is 0 Å². The van der Waals surface area contributed by atoms with Gasteiger partial charge in [0.2, 0.25) is 0 Å². The fourth-order valence-electron chi connectivity index (χ4n) is 3.01. The van der Waals surface area contributed by atoms with E-state index in [1.807, 2.05) is 7.11 Å². The molecule has 1 heterocycles. The lowest BCUT2D eigenvalue weighted by Gasteiger charge is -2.27. The van der Waals surface area contributed by atoms with Gasteiger partial charge in [-0.3, -0.25) is 0 Å². The summed E-state index contributed by atoms with van der Waals surface area (Å²) in [6.45, 7) is 5.84. The van der Waals surface area contributed by atoms with Crippen LogP contribution < -0.4 is 5.32 Å². The zero-order chi connectivity index (χ0) is 13.8. The summed E-state index contributed by atoms with van der Waals surface area (Å²) >= 11 is 0. The topological polar surface area (TPSA) is 24.5 Å². The molecule has 3 rings (SSSR count). The van der Waals surface area contributed by atoms with Gasteiger partial charge >= 0.3 is 0 Å². The maximum absolute atomic E-state index is 5.60. The van der Waals surface area contributed by atoms with Crippen molar-refractivity contribution in [3.05, 3.63) is 35.4 Å². The SMILES string of the molecule is COC1(Cc2ccc(CCN3CCNCC3)cc2)CC1. The van der Waals surface area contributed by atoms with Crippen LogP contribution in [0.1, 0.15) is 24.0 Å². The van der Waals surface area contributed by atoms with Gasteiger partial charge in [0.05, 0.1) is 5.60 Å². The van der Waals surface area contributed by atoms with Crippen molar-refractivity contribution in [1.82, 2.24) is 10.2 Å². The summed E-state index contributed by atoms with van der Waals surface area (Å²) in [5.41, 5.74) is 3.03. The molecule has 0 radical (unpaired) electrons. The fourth-order valence-corrected chi connectivity index (χ4v) is 3.01. The first kappa shape index (κ1) is 14.1. The van der Waals surface area contributed by atoms with Gasteiger partial charge in [-0.25, -0.2) is 0 Å². The van der Waals surface area contributed by atoms with Gasteiger partial charge in [0.1, 0.15) is 0 Å². The Bertz CT molecular complexity index is 419. The molecular formula is C17H26N2O. The van der Waals surface area contributed by atoms with E-state index in [1.165, 1.54) is 43.6 Å². The van der Waals surface area contributed by atoms with Crippen LogP contribution in [0, 0.1) is 0 Å². The Kier molecular flexibility index (Phi) is 4.39. The maximum Gasteiger partial charge on any atom is 0.0721 e. The van der Waals surface area contributed by atoms with Crippen molar-refractivity contribution >= 4 is 0 Å². The first-order valence-corrected chi connectivity index (χ1v) is 7.86. The van der Waals surface area contributed by atoms with E-state index in [2.05, 4.69) is 34.5 Å². The van der Waals surface area contributed by atoms with Crippen molar-refractivity contribution in [2.75, 3.05) is 39.8 Å². The largest absolute Gasteiger partial charge is 0.378 e. The van der Waals surface area contributed by atoms with Crippen molar-refractivity contribution in [1.29, 1.82) is 0 Å². The van der Waals surface area contributed by atoms with Crippen LogP contribution in [0.15, 0.2) is 24.3 Å². The van der Waals surface area contributed by atoms with Crippen molar-refractivity contribution in [3.63, 3.8) is 0 Å². The normalized spacial score (nSPS) is 21.9. The van der Waals surface area contributed by atoms with E-state index in [4.69, 9.17) is 4.74 Å². The average Bonchev–Trinajstić information content (AvgIpc) is 3.28. The molecule has 1 N–H and O–H groups in total. The third-order valence-corrected chi connectivity index (χ3v) is 4.72. The predicted octanol–water partition coefficient (Wildman–Crippen LogP) is 1.86. The molecule has 2 fully saturated rings. The molecule has 1 saturated carbocycles. The number of methoxy groups -OCH3 is 1. The molecule has 0 bridgehead atoms. The quantitative estimate of drug-likeness (QED) is 0.857. The molecule has 3 heteroatoms. The van der Waals surface area contributed by atoms with Crippen molar-refractivity contribution in [2.45, 2.75) is 31.3 Å². The summed E-state index contributed by atoms with van der Waals surface area (Å²) in [5.74, 6) is 0. The minimum Gasteiger partial charge on any atom is -0.378 e. The number of piperazine rings is 1. The molecule has 3 nitrogen and oxygen atoms in total. The molecule has 0 amide bonds. The van der Waals surface area contributed by atoms with Crippen LogP contribution in [0.4, 0.5) is 0 Å². The molecule has 1 saturated heterocycles. The Morgan fingerprint density at radius 1 is 1.10 bits per heavy atom. The van der Waals surface area contributed by atoms with E-state index < -0.39 is 0 Å². The summed E-state index contributed by atoms with van der Waals surface area (Å²) in [6, 6.07) is 9.16. The summed E-state index contributed by atoms with van der Waals surface area (Å²) in [4.78, 5) is 2.55. The number of benzene rings is 1. The lowest BCUT2D eigenvalue weighted by atomic mass is 10.0. The van der Waals surface area contributed by atoms with Gasteiger partial charge < -0.3 is 15.0 Å². The average molecular weight is 274 g/mol. The van der Waals surface area contributed by atoms with E-state index in [-0.39, 0.29) is 5.60 Å². The Labute approximate surface area is 122 Å². The molecule has 1 aliphatic heterocycles. The lowest BCUT2D eigenvalue weighted by molar-refractivity contribution is 0.0807. The number of rotatable bonds is 6. The van der Waals surface area contributed by atoms with Gasteiger partial charge in [-0.15, -0.1) is 0 Å². The minimum atomic E-state index is 0.169. The molecule has 0 aromatic heterocycles.